The van der Waals surface area contributed by atoms with Crippen LogP contribution in [0.3, 0.4) is 0 Å². The number of hydrogen-bond donors (Lipinski definition) is 3. The zero-order chi connectivity index (χ0) is 9.56. The molecule has 0 radical (unpaired) electrons. The maximum atomic E-state index is 10.4. The van der Waals surface area contributed by atoms with Crippen LogP contribution in [0.25, 0.3) is 0 Å². The third kappa shape index (κ3) is 5.67. The molecule has 0 bridgehead atoms. The van der Waals surface area contributed by atoms with Gasteiger partial charge in [-0.1, -0.05) is 0 Å². The van der Waals surface area contributed by atoms with Crippen molar-refractivity contribution in [1.82, 2.24) is 5.32 Å². The highest BCUT2D eigenvalue weighted by atomic mass is 16.4. The second-order valence-electron chi connectivity index (χ2n) is 2.57. The average molecular weight is 174 g/mol. The highest BCUT2D eigenvalue weighted by Crippen LogP contribution is 1.92. The summed E-state index contributed by atoms with van der Waals surface area (Å²) in [6.07, 6.45) is 0.975. The Morgan fingerprint density at radius 2 is 2.17 bits per heavy atom. The van der Waals surface area contributed by atoms with Gasteiger partial charge in [-0.25, -0.2) is 0 Å². The third-order valence-corrected chi connectivity index (χ3v) is 1.38. The van der Waals surface area contributed by atoms with Gasteiger partial charge in [0.15, 0.2) is 0 Å². The fourth-order valence-electron chi connectivity index (χ4n) is 0.710. The Balaban J connectivity index is 3.31. The molecule has 0 aliphatic rings. The molecule has 0 aromatic carbocycles. The van der Waals surface area contributed by atoms with E-state index in [4.69, 9.17) is 10.8 Å². The molecule has 0 aliphatic carbocycles. The molecule has 1 amide bonds. The summed E-state index contributed by atoms with van der Waals surface area (Å²) in [6, 6.07) is -0.821. The lowest BCUT2D eigenvalue weighted by Crippen LogP contribution is -2.31. The maximum Gasteiger partial charge on any atom is 0.320 e. The van der Waals surface area contributed by atoms with Crippen molar-refractivity contribution in [2.75, 3.05) is 6.54 Å². The first kappa shape index (κ1) is 10.9. The van der Waals surface area contributed by atoms with Crippen molar-refractivity contribution in [1.29, 1.82) is 0 Å². The number of hydrogen-bond acceptors (Lipinski definition) is 3. The smallest absolute Gasteiger partial charge is 0.320 e. The third-order valence-electron chi connectivity index (χ3n) is 1.38. The van der Waals surface area contributed by atoms with Gasteiger partial charge in [0.25, 0.3) is 0 Å². The Kier molecular flexibility index (Phi) is 5.03. The first-order valence-corrected chi connectivity index (χ1v) is 3.77. The summed E-state index contributed by atoms with van der Waals surface area (Å²) >= 11 is 0. The quantitative estimate of drug-likeness (QED) is 0.481. The fourth-order valence-corrected chi connectivity index (χ4v) is 0.710. The lowest BCUT2D eigenvalue weighted by molar-refractivity contribution is -0.138. The number of nitrogens with two attached hydrogens (primary N) is 1. The Morgan fingerprint density at radius 3 is 2.58 bits per heavy atom. The summed E-state index contributed by atoms with van der Waals surface area (Å²) in [5.74, 6) is -1.11. The molecule has 0 aliphatic heterocycles. The molecule has 1 unspecified atom stereocenters. The Bertz CT molecular complexity index is 170. The van der Waals surface area contributed by atoms with Crippen LogP contribution in [0, 0.1) is 0 Å². The van der Waals surface area contributed by atoms with Gasteiger partial charge < -0.3 is 16.2 Å². The van der Waals surface area contributed by atoms with Crippen molar-refractivity contribution in [3.8, 4) is 0 Å². The number of aliphatic carboxylic acids is 1. The minimum Gasteiger partial charge on any atom is -0.480 e. The average Bonchev–Trinajstić information content (AvgIpc) is 1.97. The van der Waals surface area contributed by atoms with Crippen LogP contribution in [0.5, 0.6) is 0 Å². The van der Waals surface area contributed by atoms with Crippen molar-refractivity contribution in [2.24, 2.45) is 5.73 Å². The summed E-state index contributed by atoms with van der Waals surface area (Å²) in [5.41, 5.74) is 5.22. The maximum absolute atomic E-state index is 10.4. The molecule has 4 N–H and O–H groups in total. The van der Waals surface area contributed by atoms with Crippen LogP contribution in [-0.2, 0) is 9.59 Å². The zero-order valence-corrected chi connectivity index (χ0v) is 7.04. The molecule has 0 heterocycles. The van der Waals surface area contributed by atoms with Crippen molar-refractivity contribution in [3.63, 3.8) is 0 Å². The number of nitrogens with one attached hydrogen (secondary N) is 1. The molecule has 1 atom stereocenters. The molecular formula is C7H14N2O3. The lowest BCUT2D eigenvalue weighted by atomic mass is 10.2. The van der Waals surface area contributed by atoms with Gasteiger partial charge in [-0.05, 0) is 12.8 Å². The van der Waals surface area contributed by atoms with E-state index in [1.807, 2.05) is 0 Å². The molecule has 12 heavy (non-hydrogen) atoms. The number of carbonyl (C=O) groups excluding carboxylic acids is 1. The molecule has 5 nitrogen and oxygen atoms in total. The molecule has 5 heteroatoms. The summed E-state index contributed by atoms with van der Waals surface area (Å²) in [7, 11) is 0. The van der Waals surface area contributed by atoms with Gasteiger partial charge in [-0.3, -0.25) is 9.59 Å². The summed E-state index contributed by atoms with van der Waals surface area (Å²) in [6.45, 7) is 1.90. The van der Waals surface area contributed by atoms with Gasteiger partial charge in [-0.15, -0.1) is 0 Å². The first-order chi connectivity index (χ1) is 5.54. The Hall–Kier alpha value is -1.10. The van der Waals surface area contributed by atoms with Crippen molar-refractivity contribution >= 4 is 11.9 Å². The van der Waals surface area contributed by atoms with Crippen LogP contribution in [0.1, 0.15) is 19.8 Å². The SMILES string of the molecule is CC(=O)NCCCC(N)C(=O)O. The molecule has 0 fully saturated rings. The number of carboxylic acids is 1. The van der Waals surface area contributed by atoms with Crippen molar-refractivity contribution in [2.45, 2.75) is 25.8 Å². The first-order valence-electron chi connectivity index (χ1n) is 3.77. The van der Waals surface area contributed by atoms with Crippen molar-refractivity contribution in [3.05, 3.63) is 0 Å². The monoisotopic (exact) mass is 174 g/mol. The number of carboxylic acid groups (broad SMARTS) is 1. The van der Waals surface area contributed by atoms with Crippen LogP contribution in [0.15, 0.2) is 0 Å². The molecule has 0 saturated heterocycles. The van der Waals surface area contributed by atoms with Gasteiger partial charge in [0.2, 0.25) is 5.91 Å². The van der Waals surface area contributed by atoms with Gasteiger partial charge >= 0.3 is 5.97 Å². The van der Waals surface area contributed by atoms with Gasteiger partial charge in [-0.2, -0.15) is 0 Å². The molecule has 0 aromatic rings. The van der Waals surface area contributed by atoms with E-state index in [-0.39, 0.29) is 5.91 Å². The van der Waals surface area contributed by atoms with E-state index < -0.39 is 12.0 Å². The van der Waals surface area contributed by atoms with E-state index >= 15 is 0 Å². The van der Waals surface area contributed by atoms with E-state index in [9.17, 15) is 9.59 Å². The highest BCUT2D eigenvalue weighted by Gasteiger charge is 2.09. The van der Waals surface area contributed by atoms with Gasteiger partial charge in [0, 0.05) is 13.5 Å². The van der Waals surface area contributed by atoms with E-state index in [2.05, 4.69) is 5.32 Å². The number of amides is 1. The molecule has 0 saturated carbocycles. The predicted octanol–water partition coefficient (Wildman–Crippen LogP) is -0.685. The standard InChI is InChI=1S/C7H14N2O3/c1-5(10)9-4-2-3-6(8)7(11)12/h6H,2-4,8H2,1H3,(H,9,10)(H,11,12). The second kappa shape index (κ2) is 5.54. The highest BCUT2D eigenvalue weighted by molar-refractivity contribution is 5.73. The Morgan fingerprint density at radius 1 is 1.58 bits per heavy atom. The number of carbonyl (C=O) groups is 2. The minimum atomic E-state index is -1.00. The molecular weight excluding hydrogens is 160 g/mol. The second-order valence-corrected chi connectivity index (χ2v) is 2.57. The van der Waals surface area contributed by atoms with Crippen LogP contribution in [-0.4, -0.2) is 29.6 Å². The fraction of sp³-hybridized carbons (Fsp3) is 0.714. The van der Waals surface area contributed by atoms with Crippen LogP contribution >= 0.6 is 0 Å². The topological polar surface area (TPSA) is 92.4 Å². The largest absolute Gasteiger partial charge is 0.480 e. The molecule has 70 valence electrons. The summed E-state index contributed by atoms with van der Waals surface area (Å²) in [4.78, 5) is 20.6. The minimum absolute atomic E-state index is 0.112. The predicted molar refractivity (Wildman–Crippen MR) is 43.5 cm³/mol. The van der Waals surface area contributed by atoms with Crippen LogP contribution < -0.4 is 11.1 Å². The molecule has 0 aromatic heterocycles. The molecule has 0 rings (SSSR count). The van der Waals surface area contributed by atoms with E-state index in [0.717, 1.165) is 0 Å². The van der Waals surface area contributed by atoms with Crippen LogP contribution in [0.2, 0.25) is 0 Å². The zero-order valence-electron chi connectivity index (χ0n) is 7.04. The van der Waals surface area contributed by atoms with E-state index in [1.165, 1.54) is 6.92 Å². The van der Waals surface area contributed by atoms with Crippen LogP contribution in [0.4, 0.5) is 0 Å². The van der Waals surface area contributed by atoms with Gasteiger partial charge in [0.05, 0.1) is 0 Å². The molecule has 0 spiro atoms. The summed E-state index contributed by atoms with van der Waals surface area (Å²) in [5, 5.41) is 10.9. The van der Waals surface area contributed by atoms with E-state index in [0.29, 0.717) is 19.4 Å². The number of rotatable bonds is 5. The van der Waals surface area contributed by atoms with Gasteiger partial charge in [0.1, 0.15) is 6.04 Å². The van der Waals surface area contributed by atoms with E-state index in [1.54, 1.807) is 0 Å². The van der Waals surface area contributed by atoms with Crippen molar-refractivity contribution < 1.29 is 14.7 Å². The summed E-state index contributed by atoms with van der Waals surface area (Å²) < 4.78 is 0. The Labute approximate surface area is 70.9 Å². The lowest BCUT2D eigenvalue weighted by Gasteiger charge is -2.05. The normalized spacial score (nSPS) is 12.2.